The molecule has 0 atom stereocenters. The minimum atomic E-state index is -0.505. The first-order valence-electron chi connectivity index (χ1n) is 6.14. The number of esters is 1. The molecule has 1 aromatic carbocycles. The van der Waals surface area contributed by atoms with Gasteiger partial charge in [0.15, 0.2) is 5.78 Å². The topological polar surface area (TPSA) is 52.6 Å². The Morgan fingerprint density at radius 1 is 1.32 bits per heavy atom. The van der Waals surface area contributed by atoms with E-state index in [1.54, 1.807) is 25.1 Å². The molecule has 0 aliphatic heterocycles. The molecule has 0 fully saturated rings. The molecular weight excluding hydrogens is 244 g/mol. The lowest BCUT2D eigenvalue weighted by atomic mass is 10.0. The SMILES string of the molecule is C=CCOCc1ccccc1C(=O)CC(=O)OCC. The molecule has 0 aromatic heterocycles. The third kappa shape index (κ3) is 5.06. The maximum absolute atomic E-state index is 12.0. The molecule has 19 heavy (non-hydrogen) atoms. The summed E-state index contributed by atoms with van der Waals surface area (Å²) in [6.45, 7) is 6.27. The summed E-state index contributed by atoms with van der Waals surface area (Å²) >= 11 is 0. The van der Waals surface area contributed by atoms with Crippen LogP contribution in [-0.4, -0.2) is 25.0 Å². The normalized spacial score (nSPS) is 9.95. The number of hydrogen-bond acceptors (Lipinski definition) is 4. The lowest BCUT2D eigenvalue weighted by Gasteiger charge is -2.08. The highest BCUT2D eigenvalue weighted by Gasteiger charge is 2.15. The highest BCUT2D eigenvalue weighted by molar-refractivity contribution is 6.06. The monoisotopic (exact) mass is 262 g/mol. The average molecular weight is 262 g/mol. The van der Waals surface area contributed by atoms with Crippen LogP contribution in [-0.2, 0) is 20.9 Å². The van der Waals surface area contributed by atoms with E-state index in [1.807, 2.05) is 12.1 Å². The maximum Gasteiger partial charge on any atom is 0.313 e. The zero-order valence-corrected chi connectivity index (χ0v) is 11.1. The molecule has 0 aliphatic carbocycles. The van der Waals surface area contributed by atoms with Crippen LogP contribution < -0.4 is 0 Å². The van der Waals surface area contributed by atoms with Crippen molar-refractivity contribution in [3.8, 4) is 0 Å². The number of hydrogen-bond donors (Lipinski definition) is 0. The van der Waals surface area contributed by atoms with Crippen LogP contribution in [0.3, 0.4) is 0 Å². The fourth-order valence-electron chi connectivity index (χ4n) is 1.61. The van der Waals surface area contributed by atoms with Gasteiger partial charge in [-0.25, -0.2) is 0 Å². The van der Waals surface area contributed by atoms with E-state index in [1.165, 1.54) is 0 Å². The third-order valence-corrected chi connectivity index (χ3v) is 2.42. The number of ether oxygens (including phenoxy) is 2. The molecule has 0 unspecified atom stereocenters. The molecule has 0 spiro atoms. The van der Waals surface area contributed by atoms with E-state index < -0.39 is 5.97 Å². The molecule has 0 aliphatic rings. The first-order chi connectivity index (χ1) is 9.19. The van der Waals surface area contributed by atoms with Crippen LogP contribution in [0.4, 0.5) is 0 Å². The molecule has 0 N–H and O–H groups in total. The smallest absolute Gasteiger partial charge is 0.313 e. The van der Waals surface area contributed by atoms with Gasteiger partial charge in [-0.2, -0.15) is 0 Å². The van der Waals surface area contributed by atoms with Crippen molar-refractivity contribution in [2.24, 2.45) is 0 Å². The van der Waals surface area contributed by atoms with Crippen LogP contribution in [0.25, 0.3) is 0 Å². The molecule has 0 bridgehead atoms. The predicted octanol–water partition coefficient (Wildman–Crippen LogP) is 2.53. The van der Waals surface area contributed by atoms with Gasteiger partial charge in [-0.15, -0.1) is 6.58 Å². The zero-order chi connectivity index (χ0) is 14.1. The molecule has 4 nitrogen and oxygen atoms in total. The lowest BCUT2D eigenvalue weighted by molar-refractivity contribution is -0.141. The molecule has 0 amide bonds. The average Bonchev–Trinajstić information content (AvgIpc) is 2.39. The van der Waals surface area contributed by atoms with Crippen LogP contribution in [0.1, 0.15) is 29.3 Å². The largest absolute Gasteiger partial charge is 0.466 e. The summed E-state index contributed by atoms with van der Waals surface area (Å²) in [5.74, 6) is -0.759. The van der Waals surface area contributed by atoms with E-state index in [4.69, 9.17) is 9.47 Å². The fraction of sp³-hybridized carbons (Fsp3) is 0.333. The van der Waals surface area contributed by atoms with Gasteiger partial charge >= 0.3 is 5.97 Å². The van der Waals surface area contributed by atoms with Gasteiger partial charge in [-0.05, 0) is 12.5 Å². The van der Waals surface area contributed by atoms with Crippen molar-refractivity contribution in [3.05, 3.63) is 48.0 Å². The molecule has 0 saturated carbocycles. The van der Waals surface area contributed by atoms with Gasteiger partial charge < -0.3 is 9.47 Å². The first kappa shape index (κ1) is 15.1. The number of rotatable bonds is 8. The summed E-state index contributed by atoms with van der Waals surface area (Å²) in [7, 11) is 0. The number of ketones is 1. The van der Waals surface area contributed by atoms with E-state index >= 15 is 0 Å². The van der Waals surface area contributed by atoms with Crippen molar-refractivity contribution < 1.29 is 19.1 Å². The second kappa shape index (κ2) is 8.21. The summed E-state index contributed by atoms with van der Waals surface area (Å²) in [4.78, 5) is 23.3. The molecule has 102 valence electrons. The number of benzene rings is 1. The minimum Gasteiger partial charge on any atom is -0.466 e. The second-order valence-corrected chi connectivity index (χ2v) is 3.87. The van der Waals surface area contributed by atoms with Crippen molar-refractivity contribution in [1.29, 1.82) is 0 Å². The third-order valence-electron chi connectivity index (χ3n) is 2.42. The van der Waals surface area contributed by atoms with Crippen LogP contribution >= 0.6 is 0 Å². The highest BCUT2D eigenvalue weighted by atomic mass is 16.5. The Balaban J connectivity index is 2.72. The molecule has 0 radical (unpaired) electrons. The van der Waals surface area contributed by atoms with Gasteiger partial charge in [0.1, 0.15) is 6.42 Å². The Hall–Kier alpha value is -1.94. The number of Topliss-reactive ketones (excluding diaryl/α,β-unsaturated/α-hetero) is 1. The fourth-order valence-corrected chi connectivity index (χ4v) is 1.61. The number of carbonyl (C=O) groups is 2. The Morgan fingerprint density at radius 2 is 2.05 bits per heavy atom. The summed E-state index contributed by atoms with van der Waals surface area (Å²) in [6.07, 6.45) is 1.40. The maximum atomic E-state index is 12.0. The summed E-state index contributed by atoms with van der Waals surface area (Å²) in [5.41, 5.74) is 1.26. The van der Waals surface area contributed by atoms with E-state index in [0.717, 1.165) is 5.56 Å². The predicted molar refractivity (Wildman–Crippen MR) is 71.9 cm³/mol. The lowest BCUT2D eigenvalue weighted by Crippen LogP contribution is -2.13. The Morgan fingerprint density at radius 3 is 2.74 bits per heavy atom. The van der Waals surface area contributed by atoms with Crippen LogP contribution in [0.15, 0.2) is 36.9 Å². The van der Waals surface area contributed by atoms with Crippen LogP contribution in [0, 0.1) is 0 Å². The van der Waals surface area contributed by atoms with Crippen LogP contribution in [0.2, 0.25) is 0 Å². The van der Waals surface area contributed by atoms with Gasteiger partial charge in [0.05, 0.1) is 19.8 Å². The van der Waals surface area contributed by atoms with Gasteiger partial charge in [-0.1, -0.05) is 30.3 Å². The second-order valence-electron chi connectivity index (χ2n) is 3.87. The quantitative estimate of drug-likeness (QED) is 0.237. The molecule has 4 heteroatoms. The summed E-state index contributed by atoms with van der Waals surface area (Å²) in [6, 6.07) is 7.08. The van der Waals surface area contributed by atoms with Crippen molar-refractivity contribution in [1.82, 2.24) is 0 Å². The van der Waals surface area contributed by atoms with Crippen molar-refractivity contribution in [3.63, 3.8) is 0 Å². The zero-order valence-electron chi connectivity index (χ0n) is 11.1. The summed E-state index contributed by atoms with van der Waals surface area (Å²) < 4.78 is 10.1. The van der Waals surface area contributed by atoms with Crippen molar-refractivity contribution in [2.45, 2.75) is 20.0 Å². The molecule has 0 saturated heterocycles. The van der Waals surface area contributed by atoms with Gasteiger partial charge in [0, 0.05) is 5.56 Å². The van der Waals surface area contributed by atoms with E-state index in [0.29, 0.717) is 18.8 Å². The van der Waals surface area contributed by atoms with Crippen molar-refractivity contribution >= 4 is 11.8 Å². The van der Waals surface area contributed by atoms with Gasteiger partial charge in [-0.3, -0.25) is 9.59 Å². The minimum absolute atomic E-state index is 0.244. The van der Waals surface area contributed by atoms with E-state index in [9.17, 15) is 9.59 Å². The molecular formula is C15H18O4. The van der Waals surface area contributed by atoms with E-state index in [-0.39, 0.29) is 18.8 Å². The number of carbonyl (C=O) groups excluding carboxylic acids is 2. The Kier molecular flexibility index (Phi) is 6.53. The van der Waals surface area contributed by atoms with Crippen molar-refractivity contribution in [2.75, 3.05) is 13.2 Å². The molecule has 0 heterocycles. The Bertz CT molecular complexity index is 451. The van der Waals surface area contributed by atoms with Gasteiger partial charge in [0.25, 0.3) is 0 Å². The standard InChI is InChI=1S/C15H18O4/c1-3-9-18-11-12-7-5-6-8-13(12)14(16)10-15(17)19-4-2/h3,5-8H,1,4,9-11H2,2H3. The Labute approximate surface area is 113 Å². The molecule has 1 rings (SSSR count). The highest BCUT2D eigenvalue weighted by Crippen LogP contribution is 2.13. The van der Waals surface area contributed by atoms with Crippen LogP contribution in [0.5, 0.6) is 0 Å². The molecule has 1 aromatic rings. The van der Waals surface area contributed by atoms with E-state index in [2.05, 4.69) is 6.58 Å². The van der Waals surface area contributed by atoms with Gasteiger partial charge in [0.2, 0.25) is 0 Å². The first-order valence-corrected chi connectivity index (χ1v) is 6.14. The summed E-state index contributed by atoms with van der Waals surface area (Å²) in [5, 5.41) is 0.